The van der Waals surface area contributed by atoms with Crippen LogP contribution in [0.3, 0.4) is 0 Å². The van der Waals surface area contributed by atoms with Crippen molar-refractivity contribution in [1.82, 2.24) is 15.2 Å². The molecular weight excluding hydrogens is 268 g/mol. The Labute approximate surface area is 119 Å². The Bertz CT molecular complexity index is 864. The fourth-order valence-electron chi connectivity index (χ4n) is 2.37. The van der Waals surface area contributed by atoms with E-state index >= 15 is 0 Å². The number of H-pyrrole nitrogens is 1. The van der Waals surface area contributed by atoms with Crippen molar-refractivity contribution >= 4 is 39.0 Å². The fraction of sp³-hybridized carbons (Fsp3) is 0.0667. The first kappa shape index (κ1) is 11.4. The minimum Gasteiger partial charge on any atom is -0.363 e. The maximum Gasteiger partial charge on any atom is 0.156 e. The Balaban J connectivity index is 1.81. The number of nitrogens with one attached hydrogen (secondary N) is 2. The summed E-state index contributed by atoms with van der Waals surface area (Å²) in [5.41, 5.74) is 1.94. The van der Waals surface area contributed by atoms with Crippen molar-refractivity contribution in [2.75, 3.05) is 5.32 Å². The number of thiophene rings is 1. The van der Waals surface area contributed by atoms with E-state index < -0.39 is 0 Å². The van der Waals surface area contributed by atoms with Gasteiger partial charge in [0.05, 0.1) is 29.2 Å². The lowest BCUT2D eigenvalue weighted by Gasteiger charge is -2.03. The van der Waals surface area contributed by atoms with Crippen LogP contribution < -0.4 is 5.32 Å². The van der Waals surface area contributed by atoms with Crippen LogP contribution in [0.15, 0.2) is 48.0 Å². The predicted molar refractivity (Wildman–Crippen MR) is 83.0 cm³/mol. The lowest BCUT2D eigenvalue weighted by atomic mass is 10.1. The fourth-order valence-corrected chi connectivity index (χ4v) is 3.01. The molecule has 0 unspecified atom stereocenters. The topological polar surface area (TPSA) is 53.6 Å². The molecule has 3 aromatic heterocycles. The third kappa shape index (κ3) is 1.83. The number of benzene rings is 1. The maximum atomic E-state index is 4.44. The van der Waals surface area contributed by atoms with E-state index in [0.29, 0.717) is 0 Å². The monoisotopic (exact) mass is 280 g/mol. The van der Waals surface area contributed by atoms with Crippen LogP contribution in [0.4, 0.5) is 5.82 Å². The molecule has 0 aliphatic carbocycles. The maximum absolute atomic E-state index is 4.44. The van der Waals surface area contributed by atoms with Crippen molar-refractivity contribution in [2.24, 2.45) is 0 Å². The third-order valence-corrected chi connectivity index (χ3v) is 4.19. The number of aromatic nitrogens is 3. The first-order chi connectivity index (χ1) is 9.92. The van der Waals surface area contributed by atoms with E-state index in [1.807, 2.05) is 24.4 Å². The lowest BCUT2D eigenvalue weighted by molar-refractivity contribution is 1.07. The number of nitrogens with zero attached hydrogens (tertiary/aromatic N) is 2. The van der Waals surface area contributed by atoms with E-state index in [4.69, 9.17) is 0 Å². The summed E-state index contributed by atoms with van der Waals surface area (Å²) in [6, 6.07) is 12.3. The first-order valence-electron chi connectivity index (χ1n) is 6.40. The second-order valence-corrected chi connectivity index (χ2v) is 5.60. The van der Waals surface area contributed by atoms with Gasteiger partial charge in [-0.25, -0.2) is 0 Å². The molecule has 3 heterocycles. The molecule has 0 atom stereocenters. The number of hydrogen-bond donors (Lipinski definition) is 2. The Morgan fingerprint density at radius 1 is 1.15 bits per heavy atom. The molecule has 2 N–H and O–H groups in total. The molecule has 0 aliphatic rings. The van der Waals surface area contributed by atoms with Gasteiger partial charge in [0.1, 0.15) is 0 Å². The van der Waals surface area contributed by atoms with Gasteiger partial charge in [0.2, 0.25) is 0 Å². The molecule has 0 bridgehead atoms. The zero-order valence-electron chi connectivity index (χ0n) is 10.6. The quantitative estimate of drug-likeness (QED) is 0.600. The number of para-hydroxylation sites is 1. The molecule has 4 rings (SSSR count). The normalized spacial score (nSPS) is 11.2. The van der Waals surface area contributed by atoms with Gasteiger partial charge < -0.3 is 5.32 Å². The second kappa shape index (κ2) is 4.61. The molecule has 20 heavy (non-hydrogen) atoms. The molecular formula is C15H12N4S. The Morgan fingerprint density at radius 2 is 2.10 bits per heavy atom. The zero-order chi connectivity index (χ0) is 13.4. The van der Waals surface area contributed by atoms with Crippen LogP contribution in [0.5, 0.6) is 0 Å². The molecule has 0 radical (unpaired) electrons. The predicted octanol–water partition coefficient (Wildman–Crippen LogP) is 3.78. The molecule has 5 heteroatoms. The molecule has 1 aromatic carbocycles. The highest BCUT2D eigenvalue weighted by Crippen LogP contribution is 2.28. The Kier molecular flexibility index (Phi) is 2.63. The standard InChI is InChI=1S/C15H12N4S/c1-2-6-12-11(5-1)14-13(9-16-12)18-19-15(14)17-8-10-4-3-7-20-10/h1-7,9H,8H2,(H2,17,18,19). The third-order valence-electron chi connectivity index (χ3n) is 3.31. The Morgan fingerprint density at radius 3 is 3.00 bits per heavy atom. The average Bonchev–Trinajstić information content (AvgIpc) is 3.14. The molecule has 0 spiro atoms. The van der Waals surface area contributed by atoms with Gasteiger partial charge in [0.15, 0.2) is 5.82 Å². The summed E-state index contributed by atoms with van der Waals surface area (Å²) in [6.45, 7) is 0.786. The van der Waals surface area contributed by atoms with Crippen molar-refractivity contribution in [3.05, 3.63) is 52.9 Å². The summed E-state index contributed by atoms with van der Waals surface area (Å²) in [4.78, 5) is 5.73. The number of hydrogen-bond acceptors (Lipinski definition) is 4. The van der Waals surface area contributed by atoms with Crippen LogP contribution in [0.25, 0.3) is 21.8 Å². The van der Waals surface area contributed by atoms with Crippen molar-refractivity contribution in [2.45, 2.75) is 6.54 Å². The molecule has 98 valence electrons. The van der Waals surface area contributed by atoms with Crippen LogP contribution in [0, 0.1) is 0 Å². The number of pyridine rings is 1. The van der Waals surface area contributed by atoms with Crippen molar-refractivity contribution in [3.8, 4) is 0 Å². The molecule has 4 aromatic rings. The molecule has 0 fully saturated rings. The van der Waals surface area contributed by atoms with E-state index in [0.717, 1.165) is 34.2 Å². The van der Waals surface area contributed by atoms with E-state index in [2.05, 4.69) is 44.1 Å². The highest BCUT2D eigenvalue weighted by molar-refractivity contribution is 7.09. The summed E-state index contributed by atoms with van der Waals surface area (Å²) in [7, 11) is 0. The smallest absolute Gasteiger partial charge is 0.156 e. The lowest BCUT2D eigenvalue weighted by Crippen LogP contribution is -1.98. The van der Waals surface area contributed by atoms with Crippen LogP contribution in [0.1, 0.15) is 4.88 Å². The van der Waals surface area contributed by atoms with E-state index in [1.54, 1.807) is 11.3 Å². The number of rotatable bonds is 3. The van der Waals surface area contributed by atoms with Crippen LogP contribution in [0.2, 0.25) is 0 Å². The molecule has 0 saturated carbocycles. The van der Waals surface area contributed by atoms with Crippen LogP contribution in [-0.2, 0) is 6.54 Å². The second-order valence-electron chi connectivity index (χ2n) is 4.57. The summed E-state index contributed by atoms with van der Waals surface area (Å²) < 4.78 is 0. The summed E-state index contributed by atoms with van der Waals surface area (Å²) >= 11 is 1.74. The molecule has 0 amide bonds. The SMILES string of the molecule is c1csc(CNc2n[nH]c3cnc4ccccc4c23)c1. The minimum atomic E-state index is 0.786. The van der Waals surface area contributed by atoms with E-state index in [9.17, 15) is 0 Å². The largest absolute Gasteiger partial charge is 0.363 e. The van der Waals surface area contributed by atoms with Gasteiger partial charge >= 0.3 is 0 Å². The number of aromatic amines is 1. The van der Waals surface area contributed by atoms with Crippen LogP contribution >= 0.6 is 11.3 Å². The van der Waals surface area contributed by atoms with Crippen LogP contribution in [-0.4, -0.2) is 15.2 Å². The highest BCUT2D eigenvalue weighted by atomic mass is 32.1. The van der Waals surface area contributed by atoms with Gasteiger partial charge in [-0.3, -0.25) is 10.1 Å². The molecule has 4 nitrogen and oxygen atoms in total. The number of fused-ring (bicyclic) bond motifs is 3. The van der Waals surface area contributed by atoms with Gasteiger partial charge in [-0.15, -0.1) is 11.3 Å². The van der Waals surface area contributed by atoms with Gasteiger partial charge in [-0.05, 0) is 17.5 Å². The minimum absolute atomic E-state index is 0.786. The van der Waals surface area contributed by atoms with Crippen molar-refractivity contribution < 1.29 is 0 Å². The summed E-state index contributed by atoms with van der Waals surface area (Å²) in [5.74, 6) is 0.881. The van der Waals surface area contributed by atoms with Gasteiger partial charge in [-0.2, -0.15) is 5.10 Å². The molecule has 0 aliphatic heterocycles. The van der Waals surface area contributed by atoms with Gasteiger partial charge in [0.25, 0.3) is 0 Å². The highest BCUT2D eigenvalue weighted by Gasteiger charge is 2.09. The average molecular weight is 280 g/mol. The van der Waals surface area contributed by atoms with Gasteiger partial charge in [-0.1, -0.05) is 24.3 Å². The van der Waals surface area contributed by atoms with Crippen molar-refractivity contribution in [3.63, 3.8) is 0 Å². The van der Waals surface area contributed by atoms with E-state index in [-0.39, 0.29) is 0 Å². The molecule has 0 saturated heterocycles. The summed E-state index contributed by atoms with van der Waals surface area (Å²) in [6.07, 6.45) is 1.83. The van der Waals surface area contributed by atoms with Gasteiger partial charge in [0, 0.05) is 10.3 Å². The Hall–Kier alpha value is -2.40. The first-order valence-corrected chi connectivity index (χ1v) is 7.28. The zero-order valence-corrected chi connectivity index (χ0v) is 11.4. The van der Waals surface area contributed by atoms with E-state index in [1.165, 1.54) is 4.88 Å². The summed E-state index contributed by atoms with van der Waals surface area (Å²) in [5, 5.41) is 15.1. The van der Waals surface area contributed by atoms with Crippen molar-refractivity contribution in [1.29, 1.82) is 0 Å². The number of anilines is 1.